The minimum Gasteiger partial charge on any atom is -0.507 e. The van der Waals surface area contributed by atoms with Gasteiger partial charge in [0, 0.05) is 34.9 Å². The van der Waals surface area contributed by atoms with Crippen LogP contribution >= 0.6 is 0 Å². The van der Waals surface area contributed by atoms with E-state index in [9.17, 15) is 45.4 Å². The lowest BCUT2D eigenvalue weighted by atomic mass is 9.96. The van der Waals surface area contributed by atoms with Crippen LogP contribution < -0.4 is 0 Å². The second-order valence-electron chi connectivity index (χ2n) is 7.00. The van der Waals surface area contributed by atoms with E-state index in [1.807, 2.05) is 0 Å². The molecule has 0 saturated heterocycles. The van der Waals surface area contributed by atoms with Crippen molar-refractivity contribution in [2.75, 3.05) is 0 Å². The molecule has 3 aromatic rings. The molecule has 12 heteroatoms. The van der Waals surface area contributed by atoms with E-state index in [0.29, 0.717) is 6.07 Å². The second-order valence-corrected chi connectivity index (χ2v) is 7.00. The summed E-state index contributed by atoms with van der Waals surface area (Å²) in [5.74, 6) is -1.76. The summed E-state index contributed by atoms with van der Waals surface area (Å²) in [6.45, 7) is 0. The van der Waals surface area contributed by atoms with E-state index in [1.165, 1.54) is 24.3 Å². The predicted octanol–water partition coefficient (Wildman–Crippen LogP) is 4.38. The number of hydrogen-bond acceptors (Lipinski definition) is 8. The van der Waals surface area contributed by atoms with Crippen molar-refractivity contribution in [1.82, 2.24) is 0 Å². The fourth-order valence-electron chi connectivity index (χ4n) is 3.78. The number of benzene rings is 3. The molecule has 33 heavy (non-hydrogen) atoms. The molecule has 0 bridgehead atoms. The van der Waals surface area contributed by atoms with E-state index >= 15 is 0 Å². The molecule has 4 rings (SSSR count). The van der Waals surface area contributed by atoms with Gasteiger partial charge in [-0.15, -0.1) is 0 Å². The Bertz CT molecular complexity index is 1360. The first kappa shape index (κ1) is 21.1. The zero-order valence-electron chi connectivity index (χ0n) is 16.3. The summed E-state index contributed by atoms with van der Waals surface area (Å²) in [7, 11) is 0. The van der Waals surface area contributed by atoms with Crippen LogP contribution in [0.5, 0.6) is 5.75 Å². The number of fused-ring (bicyclic) bond motifs is 3. The quantitative estimate of drug-likeness (QED) is 0.329. The molecule has 0 aliphatic heterocycles. The van der Waals surface area contributed by atoms with E-state index in [-0.39, 0.29) is 39.1 Å². The topological polar surface area (TPSA) is 187 Å². The zero-order valence-corrected chi connectivity index (χ0v) is 16.3. The third-order valence-electron chi connectivity index (χ3n) is 5.14. The summed E-state index contributed by atoms with van der Waals surface area (Å²) in [5.41, 5.74) is -2.72. The summed E-state index contributed by atoms with van der Waals surface area (Å²) in [6, 6.07) is 9.52. The van der Waals surface area contributed by atoms with Gasteiger partial charge in [0.15, 0.2) is 0 Å². The predicted molar refractivity (Wildman–Crippen MR) is 114 cm³/mol. The molecule has 1 aliphatic carbocycles. The number of carboxylic acid groups (broad SMARTS) is 1. The third kappa shape index (κ3) is 3.40. The van der Waals surface area contributed by atoms with Gasteiger partial charge in [-0.1, -0.05) is 18.2 Å². The fraction of sp³-hybridized carbons (Fsp3) is 0. The van der Waals surface area contributed by atoms with Crippen molar-refractivity contribution < 1.29 is 29.8 Å². The molecule has 1 aliphatic rings. The average molecular weight is 449 g/mol. The van der Waals surface area contributed by atoms with Gasteiger partial charge < -0.3 is 10.2 Å². The Labute approximate surface area is 183 Å². The zero-order chi connectivity index (χ0) is 24.0. The van der Waals surface area contributed by atoms with E-state index in [0.717, 1.165) is 18.2 Å². The highest BCUT2D eigenvalue weighted by molar-refractivity contribution is 6.15. The number of nitrogens with zero attached hydrogens (tertiary/aromatic N) is 3. The lowest BCUT2D eigenvalue weighted by Gasteiger charge is -2.07. The standard InChI is InChI=1S/C21H11N3O9/c25-18-4-2-1-3-10(18)5-13-14-6-11(22(28)29)8-16(21(26)27)19(14)20-15(13)7-12(23(30)31)9-17(20)24(32)33/h1-9,25H,(H,26,27). The van der Waals surface area contributed by atoms with Crippen LogP contribution in [0, 0.1) is 30.3 Å². The first-order chi connectivity index (χ1) is 15.6. The number of non-ortho nitro benzene ring substituents is 2. The number of phenols is 1. The van der Waals surface area contributed by atoms with Crippen LogP contribution in [0.25, 0.3) is 22.8 Å². The van der Waals surface area contributed by atoms with Gasteiger partial charge in [0.25, 0.3) is 17.1 Å². The summed E-state index contributed by atoms with van der Waals surface area (Å²) in [6.07, 6.45) is 1.34. The van der Waals surface area contributed by atoms with Crippen LogP contribution in [0.4, 0.5) is 17.1 Å². The molecule has 0 unspecified atom stereocenters. The summed E-state index contributed by atoms with van der Waals surface area (Å²) >= 11 is 0. The van der Waals surface area contributed by atoms with Gasteiger partial charge in [0.05, 0.1) is 32.0 Å². The Morgan fingerprint density at radius 1 is 0.818 bits per heavy atom. The molecule has 0 fully saturated rings. The van der Waals surface area contributed by atoms with E-state index < -0.39 is 43.4 Å². The third-order valence-corrected chi connectivity index (χ3v) is 5.14. The van der Waals surface area contributed by atoms with Crippen LogP contribution in [0.3, 0.4) is 0 Å². The van der Waals surface area contributed by atoms with Crippen LogP contribution in [0.2, 0.25) is 0 Å². The van der Waals surface area contributed by atoms with Gasteiger partial charge in [-0.3, -0.25) is 30.3 Å². The van der Waals surface area contributed by atoms with Gasteiger partial charge in [0.2, 0.25) is 0 Å². The molecule has 12 nitrogen and oxygen atoms in total. The number of phenolic OH excluding ortho intramolecular Hbond substituents is 1. The van der Waals surface area contributed by atoms with Crippen LogP contribution in [0.15, 0.2) is 48.5 Å². The maximum atomic E-state index is 12.0. The minimum absolute atomic E-state index is 0.0385. The number of aromatic carboxylic acids is 1. The van der Waals surface area contributed by atoms with Crippen LogP contribution in [0.1, 0.15) is 27.0 Å². The smallest absolute Gasteiger partial charge is 0.336 e. The van der Waals surface area contributed by atoms with E-state index in [4.69, 9.17) is 0 Å². The Hall–Kier alpha value is -5.13. The lowest BCUT2D eigenvalue weighted by Crippen LogP contribution is -2.03. The van der Waals surface area contributed by atoms with Gasteiger partial charge >= 0.3 is 5.97 Å². The minimum atomic E-state index is -1.57. The molecule has 0 radical (unpaired) electrons. The van der Waals surface area contributed by atoms with Crippen molar-refractivity contribution in [2.24, 2.45) is 0 Å². The number of aromatic hydroxyl groups is 1. The van der Waals surface area contributed by atoms with Crippen LogP contribution in [-0.4, -0.2) is 31.0 Å². The SMILES string of the molecule is O=C(O)c1cc([N+](=O)[O-])cc2c1-c1c(cc([N+](=O)[O-])cc1[N+](=O)[O-])C2=Cc1ccccc1O. The monoisotopic (exact) mass is 449 g/mol. The van der Waals surface area contributed by atoms with Gasteiger partial charge in [-0.05, 0) is 23.3 Å². The van der Waals surface area contributed by atoms with Gasteiger partial charge in [-0.2, -0.15) is 0 Å². The molecule has 3 aromatic carbocycles. The summed E-state index contributed by atoms with van der Waals surface area (Å²) < 4.78 is 0. The number of para-hydroxylation sites is 1. The molecule has 2 N–H and O–H groups in total. The van der Waals surface area contributed by atoms with E-state index in [1.54, 1.807) is 6.07 Å². The van der Waals surface area contributed by atoms with Crippen molar-refractivity contribution in [1.29, 1.82) is 0 Å². The molecule has 0 heterocycles. The maximum Gasteiger partial charge on any atom is 0.336 e. The summed E-state index contributed by atoms with van der Waals surface area (Å²) in [4.78, 5) is 44.1. The molecule has 0 saturated carbocycles. The number of nitro groups is 3. The molecule has 0 atom stereocenters. The first-order valence-electron chi connectivity index (χ1n) is 9.13. The van der Waals surface area contributed by atoms with Crippen molar-refractivity contribution >= 4 is 34.7 Å². The molecular weight excluding hydrogens is 438 g/mol. The largest absolute Gasteiger partial charge is 0.507 e. The number of carbonyl (C=O) groups is 1. The molecule has 0 spiro atoms. The highest BCUT2D eigenvalue weighted by atomic mass is 16.6. The Morgan fingerprint density at radius 2 is 1.39 bits per heavy atom. The number of nitro benzene ring substituents is 3. The van der Waals surface area contributed by atoms with Gasteiger partial charge in [0.1, 0.15) is 5.75 Å². The molecular formula is C21H11N3O9. The van der Waals surface area contributed by atoms with E-state index in [2.05, 4.69) is 0 Å². The Balaban J connectivity index is 2.21. The first-order valence-corrected chi connectivity index (χ1v) is 9.13. The van der Waals surface area contributed by atoms with Crippen molar-refractivity contribution in [2.45, 2.75) is 0 Å². The number of rotatable bonds is 5. The highest BCUT2D eigenvalue weighted by Crippen LogP contribution is 2.53. The van der Waals surface area contributed by atoms with Crippen molar-refractivity contribution in [3.05, 3.63) is 101 Å². The lowest BCUT2D eigenvalue weighted by molar-refractivity contribution is -0.393. The number of carboxylic acids is 1. The molecule has 0 aromatic heterocycles. The summed E-state index contributed by atoms with van der Waals surface area (Å²) in [5, 5.41) is 54.5. The average Bonchev–Trinajstić information content (AvgIpc) is 3.07. The second kappa shape index (κ2) is 7.53. The highest BCUT2D eigenvalue weighted by Gasteiger charge is 2.38. The Kier molecular flexibility index (Phi) is 4.82. The maximum absolute atomic E-state index is 12.0. The molecule has 0 amide bonds. The Morgan fingerprint density at radius 3 is 1.94 bits per heavy atom. The van der Waals surface area contributed by atoms with Crippen molar-refractivity contribution in [3.8, 4) is 16.9 Å². The normalized spacial score (nSPS) is 12.8. The van der Waals surface area contributed by atoms with Crippen molar-refractivity contribution in [3.63, 3.8) is 0 Å². The van der Waals surface area contributed by atoms with Crippen LogP contribution in [-0.2, 0) is 0 Å². The number of hydrogen-bond donors (Lipinski definition) is 2. The molecule has 164 valence electrons. The van der Waals surface area contributed by atoms with Gasteiger partial charge in [-0.25, -0.2) is 4.79 Å². The fourth-order valence-corrected chi connectivity index (χ4v) is 3.78.